The van der Waals surface area contributed by atoms with Crippen molar-refractivity contribution in [2.24, 2.45) is 5.92 Å². The predicted octanol–water partition coefficient (Wildman–Crippen LogP) is 4.74. The summed E-state index contributed by atoms with van der Waals surface area (Å²) in [4.78, 5) is 21.8. The van der Waals surface area contributed by atoms with Gasteiger partial charge in [-0.3, -0.25) is 9.69 Å². The van der Waals surface area contributed by atoms with Crippen LogP contribution < -0.4 is 4.74 Å². The highest BCUT2D eigenvalue weighted by atomic mass is 19.1. The highest BCUT2D eigenvalue weighted by Gasteiger charge is 2.34. The van der Waals surface area contributed by atoms with Crippen LogP contribution >= 0.6 is 0 Å². The Labute approximate surface area is 218 Å². The maximum atomic E-state index is 14.2. The summed E-state index contributed by atoms with van der Waals surface area (Å²) in [7, 11) is 1.92. The fraction of sp³-hybridized carbons (Fsp3) is 0.333. The Hall–Kier alpha value is -3.55. The van der Waals surface area contributed by atoms with Gasteiger partial charge in [0.1, 0.15) is 17.5 Å². The lowest BCUT2D eigenvalue weighted by molar-refractivity contribution is 0.0324. The maximum Gasteiger partial charge on any atom is 0.259 e. The monoisotopic (exact) mass is 503 g/mol. The Morgan fingerprint density at radius 2 is 1.86 bits per heavy atom. The van der Waals surface area contributed by atoms with Crippen LogP contribution in [-0.2, 0) is 6.54 Å². The van der Waals surface area contributed by atoms with Gasteiger partial charge in [-0.05, 0) is 37.2 Å². The van der Waals surface area contributed by atoms with Crippen molar-refractivity contribution in [1.82, 2.24) is 14.8 Å². The first kappa shape index (κ1) is 26.5. The third kappa shape index (κ3) is 6.61. The van der Waals surface area contributed by atoms with E-state index in [0.29, 0.717) is 30.8 Å². The van der Waals surface area contributed by atoms with Gasteiger partial charge in [-0.1, -0.05) is 67.6 Å². The van der Waals surface area contributed by atoms with Gasteiger partial charge >= 0.3 is 0 Å². The number of amides is 1. The fourth-order valence-corrected chi connectivity index (χ4v) is 4.47. The number of halogens is 1. The van der Waals surface area contributed by atoms with Crippen molar-refractivity contribution in [1.29, 1.82) is 0 Å². The quantitative estimate of drug-likeness (QED) is 0.481. The van der Waals surface area contributed by atoms with Crippen molar-refractivity contribution < 1.29 is 19.0 Å². The van der Waals surface area contributed by atoms with Crippen LogP contribution in [0.3, 0.4) is 0 Å². The number of carbonyl (C=O) groups excluding carboxylic acids is 1. The van der Waals surface area contributed by atoms with Gasteiger partial charge in [-0.25, -0.2) is 9.37 Å². The van der Waals surface area contributed by atoms with Gasteiger partial charge in [0.15, 0.2) is 0 Å². The lowest BCUT2D eigenvalue weighted by Gasteiger charge is -2.37. The maximum absolute atomic E-state index is 14.2. The molecule has 7 heteroatoms. The Balaban J connectivity index is 1.61. The Bertz CT molecular complexity index is 1230. The number of hydrogen-bond donors (Lipinski definition) is 1. The van der Waals surface area contributed by atoms with E-state index in [2.05, 4.69) is 4.98 Å². The highest BCUT2D eigenvalue weighted by Crippen LogP contribution is 2.28. The number of pyridine rings is 1. The van der Waals surface area contributed by atoms with E-state index < -0.39 is 0 Å². The Morgan fingerprint density at radius 3 is 2.59 bits per heavy atom. The standard InChI is InChI=1S/C30H34FN3O3/c1-21-17-34(22(2)20-35)30(36)26-15-24(14-13-23-9-5-4-6-10-23)16-32-29(26)37-28(21)19-33(3)18-25-11-7-8-12-27(25)31/h4-16,21-22,28,35H,17-20H2,1-3H3/b14-13+/t21-,22+,28+/m1/s1. The number of likely N-dealkylation sites (N-methyl/N-ethyl adjacent to an activating group) is 1. The smallest absolute Gasteiger partial charge is 0.259 e. The zero-order valence-corrected chi connectivity index (χ0v) is 21.5. The molecule has 0 spiro atoms. The second-order valence-electron chi connectivity index (χ2n) is 9.78. The molecule has 4 rings (SSSR count). The summed E-state index contributed by atoms with van der Waals surface area (Å²) in [6.45, 7) is 5.07. The average molecular weight is 504 g/mol. The third-order valence-electron chi connectivity index (χ3n) is 6.70. The first-order chi connectivity index (χ1) is 17.9. The van der Waals surface area contributed by atoms with E-state index in [1.165, 1.54) is 6.07 Å². The van der Waals surface area contributed by atoms with Crippen molar-refractivity contribution in [3.05, 3.63) is 94.9 Å². The lowest BCUT2D eigenvalue weighted by atomic mass is 9.99. The van der Waals surface area contributed by atoms with Crippen molar-refractivity contribution in [2.45, 2.75) is 32.5 Å². The SMILES string of the molecule is C[C@@H]1CN([C@@H](C)CO)C(=O)c2cc(/C=C/c3ccccc3)cnc2O[C@H]1CN(C)Cc1ccccc1F. The number of aliphatic hydroxyl groups is 1. The molecule has 1 N–H and O–H groups in total. The van der Waals surface area contributed by atoms with Crippen LogP contribution in [0.5, 0.6) is 5.88 Å². The van der Waals surface area contributed by atoms with E-state index in [-0.39, 0.29) is 42.3 Å². The minimum atomic E-state index is -0.360. The number of aromatic nitrogens is 1. The normalized spacial score (nSPS) is 18.9. The highest BCUT2D eigenvalue weighted by molar-refractivity contribution is 5.97. The van der Waals surface area contributed by atoms with Crippen LogP contribution in [0.25, 0.3) is 12.2 Å². The third-order valence-corrected chi connectivity index (χ3v) is 6.70. The first-order valence-corrected chi connectivity index (χ1v) is 12.6. The number of ether oxygens (including phenoxy) is 1. The second-order valence-corrected chi connectivity index (χ2v) is 9.78. The van der Waals surface area contributed by atoms with E-state index in [0.717, 1.165) is 11.1 Å². The number of nitrogens with zero attached hydrogens (tertiary/aromatic N) is 3. The number of benzene rings is 2. The average Bonchev–Trinajstić information content (AvgIpc) is 2.91. The molecule has 0 bridgehead atoms. The Morgan fingerprint density at radius 1 is 1.16 bits per heavy atom. The van der Waals surface area contributed by atoms with Crippen LogP contribution in [0.1, 0.15) is 40.9 Å². The van der Waals surface area contributed by atoms with Gasteiger partial charge in [0.05, 0.1) is 12.6 Å². The number of fused-ring (bicyclic) bond motifs is 1. The molecule has 37 heavy (non-hydrogen) atoms. The minimum absolute atomic E-state index is 0.0476. The molecule has 0 radical (unpaired) electrons. The molecular formula is C30H34FN3O3. The molecule has 3 aromatic rings. The summed E-state index contributed by atoms with van der Waals surface area (Å²) < 4.78 is 20.6. The van der Waals surface area contributed by atoms with E-state index >= 15 is 0 Å². The number of rotatable bonds is 8. The zero-order chi connectivity index (χ0) is 26.4. The van der Waals surface area contributed by atoms with Gasteiger partial charge in [-0.15, -0.1) is 0 Å². The molecule has 6 nitrogen and oxygen atoms in total. The van der Waals surface area contributed by atoms with Crippen molar-refractivity contribution in [3.8, 4) is 5.88 Å². The van der Waals surface area contributed by atoms with Gasteiger partial charge in [0, 0.05) is 37.3 Å². The summed E-state index contributed by atoms with van der Waals surface area (Å²) in [5, 5.41) is 9.87. The van der Waals surface area contributed by atoms with Gasteiger partial charge in [-0.2, -0.15) is 0 Å². The van der Waals surface area contributed by atoms with Crippen molar-refractivity contribution in [3.63, 3.8) is 0 Å². The van der Waals surface area contributed by atoms with Crippen LogP contribution in [0.4, 0.5) is 4.39 Å². The van der Waals surface area contributed by atoms with Crippen molar-refractivity contribution >= 4 is 18.1 Å². The number of hydrogen-bond acceptors (Lipinski definition) is 5. The largest absolute Gasteiger partial charge is 0.472 e. The van der Waals surface area contributed by atoms with Gasteiger partial charge in [0.2, 0.25) is 5.88 Å². The molecule has 194 valence electrons. The van der Waals surface area contributed by atoms with Crippen LogP contribution in [0, 0.1) is 11.7 Å². The molecule has 2 aromatic carbocycles. The first-order valence-electron chi connectivity index (χ1n) is 12.6. The van der Waals surface area contributed by atoms with Crippen LogP contribution in [0.2, 0.25) is 0 Å². The van der Waals surface area contributed by atoms with Gasteiger partial charge in [0.25, 0.3) is 5.91 Å². The summed E-state index contributed by atoms with van der Waals surface area (Å²) in [5.41, 5.74) is 2.80. The number of carbonyl (C=O) groups is 1. The van der Waals surface area contributed by atoms with Crippen molar-refractivity contribution in [2.75, 3.05) is 26.7 Å². The summed E-state index contributed by atoms with van der Waals surface area (Å²) >= 11 is 0. The topological polar surface area (TPSA) is 65.9 Å². The van der Waals surface area contributed by atoms with Gasteiger partial charge < -0.3 is 14.7 Å². The summed E-state index contributed by atoms with van der Waals surface area (Å²) in [6.07, 6.45) is 5.28. The molecule has 0 saturated heterocycles. The van der Waals surface area contributed by atoms with E-state index in [9.17, 15) is 14.3 Å². The molecular weight excluding hydrogens is 469 g/mol. The molecule has 1 aliphatic rings. The number of aliphatic hydroxyl groups excluding tert-OH is 1. The van der Waals surface area contributed by atoms with E-state index in [1.807, 2.05) is 74.3 Å². The lowest BCUT2D eigenvalue weighted by Crippen LogP contribution is -2.49. The molecule has 0 fully saturated rings. The molecule has 1 aliphatic heterocycles. The second kappa shape index (κ2) is 12.1. The molecule has 0 aliphatic carbocycles. The van der Waals surface area contributed by atoms with E-state index in [1.54, 1.807) is 29.3 Å². The molecule has 1 aromatic heterocycles. The van der Waals surface area contributed by atoms with Crippen LogP contribution in [0.15, 0.2) is 66.9 Å². The minimum Gasteiger partial charge on any atom is -0.472 e. The van der Waals surface area contributed by atoms with Crippen LogP contribution in [-0.4, -0.2) is 64.7 Å². The predicted molar refractivity (Wildman–Crippen MR) is 144 cm³/mol. The zero-order valence-electron chi connectivity index (χ0n) is 21.5. The summed E-state index contributed by atoms with van der Waals surface area (Å²) in [5.74, 6) is -0.233. The van der Waals surface area contributed by atoms with E-state index in [4.69, 9.17) is 4.74 Å². The molecule has 2 heterocycles. The molecule has 0 unspecified atom stereocenters. The molecule has 3 atom stereocenters. The molecule has 1 amide bonds. The fourth-order valence-electron chi connectivity index (χ4n) is 4.47. The molecule has 0 saturated carbocycles. The Kier molecular flexibility index (Phi) is 8.69. The summed E-state index contributed by atoms with van der Waals surface area (Å²) in [6, 6.07) is 18.1.